The summed E-state index contributed by atoms with van der Waals surface area (Å²) in [6.07, 6.45) is 72.4. The molecule has 0 saturated heterocycles. The van der Waals surface area contributed by atoms with Crippen LogP contribution in [0.15, 0.2) is 72.9 Å². The molecule has 0 fully saturated rings. The van der Waals surface area contributed by atoms with E-state index in [4.69, 9.17) is 18.5 Å². The predicted molar refractivity (Wildman–Crippen MR) is 314 cm³/mol. The first-order valence-electron chi connectivity index (χ1n) is 30.6. The van der Waals surface area contributed by atoms with E-state index in [0.29, 0.717) is 17.4 Å². The van der Waals surface area contributed by atoms with E-state index >= 15 is 0 Å². The lowest BCUT2D eigenvalue weighted by Gasteiger charge is -2.28. The van der Waals surface area contributed by atoms with Gasteiger partial charge >= 0.3 is 11.9 Å². The van der Waals surface area contributed by atoms with Gasteiger partial charge in [-0.05, 0) is 83.5 Å². The van der Waals surface area contributed by atoms with Crippen molar-refractivity contribution in [3.05, 3.63) is 72.9 Å². The molecule has 2 unspecified atom stereocenters. The molecule has 0 N–H and O–H groups in total. The molecule has 0 bridgehead atoms. The van der Waals surface area contributed by atoms with Crippen LogP contribution in [0.1, 0.15) is 271 Å². The molecule has 430 valence electrons. The van der Waals surface area contributed by atoms with Crippen LogP contribution >= 0.6 is 7.82 Å². The standard InChI is InChI=1S/C64H116NO8P/c1-6-8-10-12-14-16-18-20-22-24-26-28-30-31-32-33-35-36-38-40-42-44-46-48-50-52-54-56-63(66)70-60-62(61-72-74(68,69)71-59-58-65(3,4)5)73-64(67)57-55-53-51-49-47-45-43-41-39-37-34-29-27-25-23-21-19-17-15-13-11-9-7-2/h9,11,15,17,21,23-24,26-27,29,37,39,62H,6-8,10,12-14,16,18-20,22,25,28,30-36,38,40-61H2,1-5H3/b11-9-,17-15-,23-21-,26-24-,29-27-,39-37-. The Hall–Kier alpha value is -2.55. The summed E-state index contributed by atoms with van der Waals surface area (Å²) >= 11 is 0. The number of unbranched alkanes of at least 4 members (excludes halogenated alkanes) is 30. The largest absolute Gasteiger partial charge is 0.756 e. The van der Waals surface area contributed by atoms with Gasteiger partial charge < -0.3 is 27.9 Å². The van der Waals surface area contributed by atoms with E-state index in [0.717, 1.165) is 77.0 Å². The number of quaternary nitrogens is 1. The van der Waals surface area contributed by atoms with Crippen LogP contribution in [0.2, 0.25) is 0 Å². The van der Waals surface area contributed by atoms with Crippen LogP contribution in [0.5, 0.6) is 0 Å². The first-order valence-corrected chi connectivity index (χ1v) is 32.1. The van der Waals surface area contributed by atoms with E-state index in [1.807, 2.05) is 21.1 Å². The minimum Gasteiger partial charge on any atom is -0.756 e. The Morgan fingerprint density at radius 3 is 1.16 bits per heavy atom. The number of ether oxygens (including phenoxy) is 2. The maximum atomic E-state index is 12.8. The van der Waals surface area contributed by atoms with Crippen molar-refractivity contribution in [1.29, 1.82) is 0 Å². The molecule has 0 aliphatic heterocycles. The van der Waals surface area contributed by atoms with Gasteiger partial charge in [-0.2, -0.15) is 0 Å². The van der Waals surface area contributed by atoms with Crippen LogP contribution in [0.25, 0.3) is 0 Å². The third-order valence-electron chi connectivity index (χ3n) is 13.2. The normalized spacial score (nSPS) is 13.8. The number of likely N-dealkylation sites (N-methyl/N-ethyl adjacent to an activating group) is 1. The van der Waals surface area contributed by atoms with Crippen molar-refractivity contribution in [3.8, 4) is 0 Å². The molecule has 9 nitrogen and oxygen atoms in total. The van der Waals surface area contributed by atoms with E-state index in [2.05, 4.69) is 86.8 Å². The van der Waals surface area contributed by atoms with Gasteiger partial charge in [-0.15, -0.1) is 0 Å². The van der Waals surface area contributed by atoms with E-state index in [1.165, 1.54) is 161 Å². The second-order valence-electron chi connectivity index (χ2n) is 21.7. The zero-order valence-corrected chi connectivity index (χ0v) is 49.7. The quantitative estimate of drug-likeness (QED) is 0.0195. The van der Waals surface area contributed by atoms with Crippen molar-refractivity contribution in [3.63, 3.8) is 0 Å². The van der Waals surface area contributed by atoms with Crippen LogP contribution in [0.3, 0.4) is 0 Å². The Kier molecular flexibility index (Phi) is 53.3. The van der Waals surface area contributed by atoms with Crippen molar-refractivity contribution < 1.29 is 42.1 Å². The van der Waals surface area contributed by atoms with E-state index in [-0.39, 0.29) is 32.0 Å². The summed E-state index contributed by atoms with van der Waals surface area (Å²) in [4.78, 5) is 37.9. The highest BCUT2D eigenvalue weighted by atomic mass is 31.2. The number of phosphoric ester groups is 1. The van der Waals surface area contributed by atoms with Crippen LogP contribution in [0, 0.1) is 0 Å². The van der Waals surface area contributed by atoms with Crippen molar-refractivity contribution in [2.24, 2.45) is 0 Å². The lowest BCUT2D eigenvalue weighted by atomic mass is 10.0. The van der Waals surface area contributed by atoms with E-state index < -0.39 is 26.5 Å². The van der Waals surface area contributed by atoms with Gasteiger partial charge in [-0.1, -0.05) is 247 Å². The average Bonchev–Trinajstić information content (AvgIpc) is 3.36. The molecular weight excluding hydrogens is 942 g/mol. The van der Waals surface area contributed by atoms with Crippen LogP contribution < -0.4 is 4.89 Å². The third kappa shape index (κ3) is 58.7. The second kappa shape index (κ2) is 55.2. The lowest BCUT2D eigenvalue weighted by molar-refractivity contribution is -0.870. The number of hydrogen-bond acceptors (Lipinski definition) is 8. The molecule has 74 heavy (non-hydrogen) atoms. The van der Waals surface area contributed by atoms with Gasteiger partial charge in [0.25, 0.3) is 7.82 Å². The Morgan fingerprint density at radius 2 is 0.770 bits per heavy atom. The number of nitrogens with zero attached hydrogens (tertiary/aromatic N) is 1. The molecule has 0 aromatic rings. The van der Waals surface area contributed by atoms with E-state index in [9.17, 15) is 19.0 Å². The molecule has 0 aromatic heterocycles. The minimum atomic E-state index is -4.64. The fourth-order valence-corrected chi connectivity index (χ4v) is 9.23. The molecule has 10 heteroatoms. The van der Waals surface area contributed by atoms with Gasteiger partial charge in [-0.25, -0.2) is 0 Å². The van der Waals surface area contributed by atoms with Crippen molar-refractivity contribution in [2.75, 3.05) is 47.5 Å². The second-order valence-corrected chi connectivity index (χ2v) is 23.1. The first kappa shape index (κ1) is 71.5. The fraction of sp³-hybridized carbons (Fsp3) is 0.781. The molecule has 0 aromatic carbocycles. The maximum Gasteiger partial charge on any atom is 0.306 e. The molecule has 0 saturated carbocycles. The van der Waals surface area contributed by atoms with Crippen LogP contribution in [-0.2, 0) is 32.7 Å². The molecule has 2 atom stereocenters. The van der Waals surface area contributed by atoms with Crippen LogP contribution in [-0.4, -0.2) is 70.0 Å². The summed E-state index contributed by atoms with van der Waals surface area (Å²) in [5, 5.41) is 0. The highest BCUT2D eigenvalue weighted by molar-refractivity contribution is 7.45. The molecule has 0 radical (unpaired) electrons. The lowest BCUT2D eigenvalue weighted by Crippen LogP contribution is -2.37. The summed E-state index contributed by atoms with van der Waals surface area (Å²) in [6, 6.07) is 0. The van der Waals surface area contributed by atoms with Gasteiger partial charge in [0.05, 0.1) is 27.7 Å². The molecule has 0 aliphatic carbocycles. The smallest absolute Gasteiger partial charge is 0.306 e. The number of phosphoric acid groups is 1. The number of allylic oxidation sites excluding steroid dienone is 12. The van der Waals surface area contributed by atoms with Crippen LogP contribution in [0.4, 0.5) is 0 Å². The monoisotopic (exact) mass is 1060 g/mol. The summed E-state index contributed by atoms with van der Waals surface area (Å²) in [7, 11) is 1.16. The number of esters is 2. The molecule has 0 spiro atoms. The Balaban J connectivity index is 4.14. The van der Waals surface area contributed by atoms with Gasteiger partial charge in [0.1, 0.15) is 19.8 Å². The van der Waals surface area contributed by atoms with Crippen molar-refractivity contribution in [1.82, 2.24) is 0 Å². The maximum absolute atomic E-state index is 12.8. The highest BCUT2D eigenvalue weighted by Gasteiger charge is 2.22. The van der Waals surface area contributed by atoms with Gasteiger partial charge in [0, 0.05) is 12.8 Å². The van der Waals surface area contributed by atoms with Gasteiger partial charge in [-0.3, -0.25) is 14.2 Å². The SMILES string of the molecule is CC/C=C\C/C=C\C/C=C\C/C=C\C/C=C\CCCCCCCCCC(=O)OC(COC(=O)CCCCCCCCCCCCCCCCC/C=C\CCCCCCCCCC)COP(=O)([O-])OCC[N+](C)(C)C. The predicted octanol–water partition coefficient (Wildman–Crippen LogP) is 18.6. The average molecular weight is 1060 g/mol. The Morgan fingerprint density at radius 1 is 0.432 bits per heavy atom. The third-order valence-corrected chi connectivity index (χ3v) is 14.2. The van der Waals surface area contributed by atoms with Gasteiger partial charge in [0.2, 0.25) is 0 Å². The molecule has 0 amide bonds. The molecule has 0 heterocycles. The van der Waals surface area contributed by atoms with E-state index in [1.54, 1.807) is 0 Å². The summed E-state index contributed by atoms with van der Waals surface area (Å²) in [6.45, 7) is 4.14. The Labute approximate surface area is 457 Å². The first-order chi connectivity index (χ1) is 36.0. The van der Waals surface area contributed by atoms with Crippen molar-refractivity contribution >= 4 is 19.8 Å². The molecule has 0 rings (SSSR count). The summed E-state index contributed by atoms with van der Waals surface area (Å²) < 4.78 is 34.2. The highest BCUT2D eigenvalue weighted by Crippen LogP contribution is 2.38. The number of carbonyl (C=O) groups excluding carboxylic acids is 2. The van der Waals surface area contributed by atoms with Crippen molar-refractivity contribution in [2.45, 2.75) is 277 Å². The zero-order chi connectivity index (χ0) is 54.2. The number of carbonyl (C=O) groups is 2. The fourth-order valence-electron chi connectivity index (χ4n) is 8.50. The molecule has 0 aliphatic rings. The number of hydrogen-bond donors (Lipinski definition) is 0. The molecular formula is C64H116NO8P. The minimum absolute atomic E-state index is 0.0354. The summed E-state index contributed by atoms with van der Waals surface area (Å²) in [5.74, 6) is -0.840. The van der Waals surface area contributed by atoms with Gasteiger partial charge in [0.15, 0.2) is 6.10 Å². The zero-order valence-electron chi connectivity index (χ0n) is 48.8. The topological polar surface area (TPSA) is 111 Å². The number of rotatable bonds is 56. The summed E-state index contributed by atoms with van der Waals surface area (Å²) in [5.41, 5.74) is 0. The Bertz CT molecular complexity index is 1480.